The van der Waals surface area contributed by atoms with Crippen molar-refractivity contribution in [3.05, 3.63) is 48.0 Å². The number of para-hydroxylation sites is 1. The van der Waals surface area contributed by atoms with Crippen LogP contribution in [0.2, 0.25) is 0 Å². The summed E-state index contributed by atoms with van der Waals surface area (Å²) in [5.74, 6) is 1.03. The van der Waals surface area contributed by atoms with Gasteiger partial charge in [0.1, 0.15) is 0 Å². The minimum absolute atomic E-state index is 0.0980. The molecule has 1 heterocycles. The largest absolute Gasteiger partial charge is 0.454 e. The number of carbonyl (C=O) groups excluding carboxylic acids is 1. The summed E-state index contributed by atoms with van der Waals surface area (Å²) in [5, 5.41) is 2.47. The van der Waals surface area contributed by atoms with Crippen LogP contribution in [0.25, 0.3) is 0 Å². The zero-order valence-corrected chi connectivity index (χ0v) is 12.1. The van der Waals surface area contributed by atoms with Gasteiger partial charge < -0.3 is 14.8 Å². The van der Waals surface area contributed by atoms with Crippen LogP contribution in [0.5, 0.6) is 11.5 Å². The second-order valence-corrected chi connectivity index (χ2v) is 4.82. The van der Waals surface area contributed by atoms with E-state index in [0.29, 0.717) is 17.2 Å². The fourth-order valence-electron chi connectivity index (χ4n) is 2.10. The van der Waals surface area contributed by atoms with E-state index in [2.05, 4.69) is 16.2 Å². The van der Waals surface area contributed by atoms with Crippen LogP contribution in [0.4, 0.5) is 29.3 Å². The molecule has 3 rings (SSSR count). The van der Waals surface area contributed by atoms with Crippen molar-refractivity contribution in [3.8, 4) is 11.5 Å². The highest BCUT2D eigenvalue weighted by Crippen LogP contribution is 2.35. The number of carbonyl (C=O) groups is 1. The summed E-state index contributed by atoms with van der Waals surface area (Å²) in [6.07, 6.45) is -4.53. The summed E-state index contributed by atoms with van der Waals surface area (Å²) in [7, 11) is 0. The molecule has 24 heavy (non-hydrogen) atoms. The number of alkyl halides is 3. The zero-order valence-electron chi connectivity index (χ0n) is 12.1. The molecule has 9 heteroatoms. The number of benzene rings is 2. The minimum Gasteiger partial charge on any atom is -0.454 e. The van der Waals surface area contributed by atoms with Gasteiger partial charge in [0, 0.05) is 11.8 Å². The van der Waals surface area contributed by atoms with Gasteiger partial charge in [0.15, 0.2) is 11.5 Å². The summed E-state index contributed by atoms with van der Waals surface area (Å²) in [5.41, 5.74) is 3.68. The van der Waals surface area contributed by atoms with Gasteiger partial charge in [-0.05, 0) is 24.3 Å². The highest BCUT2D eigenvalue weighted by molar-refractivity contribution is 5.90. The monoisotopic (exact) mass is 339 g/mol. The second kappa shape index (κ2) is 6.19. The predicted molar refractivity (Wildman–Crippen MR) is 79.8 cm³/mol. The topological polar surface area (TPSA) is 71.6 Å². The highest BCUT2D eigenvalue weighted by Gasteiger charge is 2.33. The molecule has 0 radical (unpaired) electrons. The average Bonchev–Trinajstić information content (AvgIpc) is 3.00. The van der Waals surface area contributed by atoms with Crippen molar-refractivity contribution in [1.82, 2.24) is 5.43 Å². The molecule has 1 aliphatic heterocycles. The van der Waals surface area contributed by atoms with Crippen LogP contribution < -0.4 is 25.6 Å². The molecule has 0 aliphatic carbocycles. The van der Waals surface area contributed by atoms with Crippen molar-refractivity contribution in [2.24, 2.45) is 0 Å². The number of ether oxygens (including phenoxy) is 2. The molecule has 0 saturated heterocycles. The molecule has 0 atom stereocenters. The lowest BCUT2D eigenvalue weighted by Crippen LogP contribution is -2.34. The third-order valence-electron chi connectivity index (χ3n) is 3.17. The number of hydrogen-bond acceptors (Lipinski definition) is 4. The van der Waals surface area contributed by atoms with Crippen molar-refractivity contribution in [3.63, 3.8) is 0 Å². The molecule has 2 aromatic carbocycles. The molecule has 2 amide bonds. The molecule has 3 N–H and O–H groups in total. The van der Waals surface area contributed by atoms with E-state index in [4.69, 9.17) is 9.47 Å². The SMILES string of the molecule is O=C(NNc1ccccc1C(F)(F)F)Nc1ccc2c(c1)OCO2. The average molecular weight is 339 g/mol. The normalized spacial score (nSPS) is 12.6. The zero-order chi connectivity index (χ0) is 17.2. The molecule has 0 fully saturated rings. The van der Waals surface area contributed by atoms with Crippen LogP contribution in [-0.2, 0) is 6.18 Å². The summed E-state index contributed by atoms with van der Waals surface area (Å²) >= 11 is 0. The van der Waals surface area contributed by atoms with E-state index in [1.165, 1.54) is 18.2 Å². The van der Waals surface area contributed by atoms with Gasteiger partial charge in [-0.2, -0.15) is 13.2 Å². The number of fused-ring (bicyclic) bond motifs is 1. The van der Waals surface area contributed by atoms with Crippen molar-refractivity contribution in [2.45, 2.75) is 6.18 Å². The Morgan fingerprint density at radius 2 is 1.79 bits per heavy atom. The first-order chi connectivity index (χ1) is 11.4. The van der Waals surface area contributed by atoms with Crippen molar-refractivity contribution in [1.29, 1.82) is 0 Å². The summed E-state index contributed by atoms with van der Waals surface area (Å²) in [4.78, 5) is 11.8. The molecule has 0 aromatic heterocycles. The Labute approximate surface area is 134 Å². The Bertz CT molecular complexity index is 765. The predicted octanol–water partition coefficient (Wildman–Crippen LogP) is 3.58. The van der Waals surface area contributed by atoms with E-state index in [0.717, 1.165) is 6.07 Å². The molecule has 0 saturated carbocycles. The van der Waals surface area contributed by atoms with Gasteiger partial charge in [0.2, 0.25) is 6.79 Å². The number of urea groups is 1. The molecular weight excluding hydrogens is 327 g/mol. The van der Waals surface area contributed by atoms with Gasteiger partial charge in [0.05, 0.1) is 11.3 Å². The van der Waals surface area contributed by atoms with Crippen molar-refractivity contribution in [2.75, 3.05) is 17.5 Å². The van der Waals surface area contributed by atoms with Gasteiger partial charge >= 0.3 is 12.2 Å². The van der Waals surface area contributed by atoms with E-state index >= 15 is 0 Å². The van der Waals surface area contributed by atoms with Crippen LogP contribution >= 0.6 is 0 Å². The fraction of sp³-hybridized carbons (Fsp3) is 0.133. The van der Waals surface area contributed by atoms with E-state index in [9.17, 15) is 18.0 Å². The molecule has 1 aliphatic rings. The smallest absolute Gasteiger partial charge is 0.418 e. The Balaban J connectivity index is 1.62. The highest BCUT2D eigenvalue weighted by atomic mass is 19.4. The summed E-state index contributed by atoms with van der Waals surface area (Å²) < 4.78 is 48.9. The lowest BCUT2D eigenvalue weighted by atomic mass is 10.2. The van der Waals surface area contributed by atoms with Crippen LogP contribution in [0.3, 0.4) is 0 Å². The molecule has 6 nitrogen and oxygen atoms in total. The van der Waals surface area contributed by atoms with Crippen molar-refractivity contribution >= 4 is 17.4 Å². The third-order valence-corrected chi connectivity index (χ3v) is 3.17. The van der Waals surface area contributed by atoms with Crippen LogP contribution in [0.1, 0.15) is 5.56 Å². The standard InChI is InChI=1S/C15H12F3N3O3/c16-15(17,18)10-3-1-2-4-11(10)20-21-14(22)19-9-5-6-12-13(7-9)24-8-23-12/h1-7,20H,8H2,(H2,19,21,22). The van der Waals surface area contributed by atoms with Gasteiger partial charge in [-0.3, -0.25) is 10.9 Å². The molecular formula is C15H12F3N3O3. The molecule has 0 unspecified atom stereocenters. The number of halogens is 3. The van der Waals surface area contributed by atoms with E-state index in [1.807, 2.05) is 0 Å². The third kappa shape index (κ3) is 3.45. The maximum Gasteiger partial charge on any atom is 0.418 e. The number of hydrogen-bond donors (Lipinski definition) is 3. The maximum atomic E-state index is 12.9. The summed E-state index contributed by atoms with van der Waals surface area (Å²) in [6, 6.07) is 8.83. The molecule has 0 spiro atoms. The lowest BCUT2D eigenvalue weighted by Gasteiger charge is -2.15. The summed E-state index contributed by atoms with van der Waals surface area (Å²) in [6.45, 7) is 0.0980. The number of nitrogens with one attached hydrogen (secondary N) is 3. The Kier molecular flexibility index (Phi) is 4.07. The first-order valence-electron chi connectivity index (χ1n) is 6.82. The number of anilines is 2. The number of amides is 2. The number of hydrazine groups is 1. The van der Waals surface area contributed by atoms with Crippen LogP contribution in [-0.4, -0.2) is 12.8 Å². The van der Waals surface area contributed by atoms with Crippen LogP contribution in [0, 0.1) is 0 Å². The Morgan fingerprint density at radius 1 is 1.04 bits per heavy atom. The van der Waals surface area contributed by atoms with Gasteiger partial charge in [0.25, 0.3) is 0 Å². The van der Waals surface area contributed by atoms with E-state index in [-0.39, 0.29) is 12.5 Å². The van der Waals surface area contributed by atoms with Gasteiger partial charge in [-0.25, -0.2) is 4.79 Å². The first-order valence-corrected chi connectivity index (χ1v) is 6.82. The molecule has 0 bridgehead atoms. The van der Waals surface area contributed by atoms with E-state index < -0.39 is 17.8 Å². The Morgan fingerprint density at radius 3 is 2.58 bits per heavy atom. The molecule has 126 valence electrons. The van der Waals surface area contributed by atoms with Gasteiger partial charge in [-0.1, -0.05) is 12.1 Å². The second-order valence-electron chi connectivity index (χ2n) is 4.82. The minimum atomic E-state index is -4.53. The quantitative estimate of drug-likeness (QED) is 0.748. The van der Waals surface area contributed by atoms with Crippen LogP contribution in [0.15, 0.2) is 42.5 Å². The number of rotatable bonds is 3. The van der Waals surface area contributed by atoms with Crippen molar-refractivity contribution < 1.29 is 27.4 Å². The van der Waals surface area contributed by atoms with E-state index in [1.54, 1.807) is 18.2 Å². The first kappa shape index (κ1) is 15.8. The molecule has 2 aromatic rings. The Hall–Kier alpha value is -3.10. The van der Waals surface area contributed by atoms with Gasteiger partial charge in [-0.15, -0.1) is 0 Å². The lowest BCUT2D eigenvalue weighted by molar-refractivity contribution is -0.137. The maximum absolute atomic E-state index is 12.9. The fourth-order valence-corrected chi connectivity index (χ4v) is 2.10.